The molecule has 0 atom stereocenters. The van der Waals surface area contributed by atoms with Gasteiger partial charge in [0.1, 0.15) is 6.61 Å². The maximum Gasteiger partial charge on any atom is 0.330 e. The second-order valence-electron chi connectivity index (χ2n) is 1.50. The Hall–Kier alpha value is -1.09. The molecule has 0 saturated heterocycles. The Morgan fingerprint density at radius 3 is 2.90 bits per heavy atom. The van der Waals surface area contributed by atoms with Crippen molar-refractivity contribution < 1.29 is 14.6 Å². The summed E-state index contributed by atoms with van der Waals surface area (Å²) in [5, 5.41) is 8.23. The molecule has 56 valence electrons. The van der Waals surface area contributed by atoms with Crippen LogP contribution in [0.2, 0.25) is 0 Å². The van der Waals surface area contributed by atoms with Crippen LogP contribution < -0.4 is 0 Å². The first-order chi connectivity index (χ1) is 4.81. The van der Waals surface area contributed by atoms with Crippen molar-refractivity contribution >= 4 is 5.97 Å². The Kier molecular flexibility index (Phi) is 5.38. The second-order valence-corrected chi connectivity index (χ2v) is 1.50. The molecule has 0 aliphatic carbocycles. The van der Waals surface area contributed by atoms with Gasteiger partial charge in [0.2, 0.25) is 0 Å². The molecule has 0 aromatic rings. The van der Waals surface area contributed by atoms with E-state index in [2.05, 4.69) is 11.3 Å². The van der Waals surface area contributed by atoms with E-state index in [4.69, 9.17) is 5.11 Å². The van der Waals surface area contributed by atoms with E-state index in [9.17, 15) is 4.79 Å². The summed E-state index contributed by atoms with van der Waals surface area (Å²) >= 11 is 0. The van der Waals surface area contributed by atoms with Gasteiger partial charge < -0.3 is 9.84 Å². The van der Waals surface area contributed by atoms with Crippen LogP contribution in [0.5, 0.6) is 0 Å². The van der Waals surface area contributed by atoms with Crippen molar-refractivity contribution in [2.75, 3.05) is 13.2 Å². The number of ether oxygens (including phenoxy) is 1. The van der Waals surface area contributed by atoms with Crippen molar-refractivity contribution in [3.05, 3.63) is 24.8 Å². The Morgan fingerprint density at radius 2 is 2.40 bits per heavy atom. The maximum absolute atomic E-state index is 10.5. The van der Waals surface area contributed by atoms with E-state index in [1.54, 1.807) is 0 Å². The topological polar surface area (TPSA) is 46.5 Å². The SMILES string of the molecule is C=CCOC(=O)C=CCO. The zero-order valence-electron chi connectivity index (χ0n) is 5.62. The number of aliphatic hydroxyl groups excluding tert-OH is 1. The van der Waals surface area contributed by atoms with E-state index in [-0.39, 0.29) is 13.2 Å². The van der Waals surface area contributed by atoms with E-state index in [1.165, 1.54) is 18.2 Å². The number of carbonyl (C=O) groups is 1. The molecule has 0 aliphatic heterocycles. The summed E-state index contributed by atoms with van der Waals surface area (Å²) in [7, 11) is 0. The fourth-order valence-electron chi connectivity index (χ4n) is 0.338. The number of hydrogen-bond donors (Lipinski definition) is 1. The van der Waals surface area contributed by atoms with Crippen LogP contribution >= 0.6 is 0 Å². The quantitative estimate of drug-likeness (QED) is 0.348. The van der Waals surface area contributed by atoms with E-state index in [0.29, 0.717) is 0 Å². The molecular formula is C7H10O3. The third-order valence-electron chi connectivity index (χ3n) is 0.703. The van der Waals surface area contributed by atoms with E-state index in [1.807, 2.05) is 0 Å². The molecular weight excluding hydrogens is 132 g/mol. The summed E-state index contributed by atoms with van der Waals surface area (Å²) in [6.07, 6.45) is 3.96. The minimum absolute atomic E-state index is 0.150. The molecule has 0 radical (unpaired) electrons. The van der Waals surface area contributed by atoms with E-state index < -0.39 is 5.97 Å². The first kappa shape index (κ1) is 8.91. The van der Waals surface area contributed by atoms with Crippen LogP contribution in [-0.2, 0) is 9.53 Å². The minimum Gasteiger partial charge on any atom is -0.458 e. The van der Waals surface area contributed by atoms with Crippen molar-refractivity contribution in [3.63, 3.8) is 0 Å². The van der Waals surface area contributed by atoms with Gasteiger partial charge in [0.15, 0.2) is 0 Å². The van der Waals surface area contributed by atoms with Crippen LogP contribution in [-0.4, -0.2) is 24.3 Å². The highest BCUT2D eigenvalue weighted by molar-refractivity contribution is 5.81. The monoisotopic (exact) mass is 142 g/mol. The predicted molar refractivity (Wildman–Crippen MR) is 37.4 cm³/mol. The highest BCUT2D eigenvalue weighted by Gasteiger charge is 1.90. The predicted octanol–water partition coefficient (Wildman–Crippen LogP) is 0.264. The van der Waals surface area contributed by atoms with Crippen molar-refractivity contribution in [2.45, 2.75) is 0 Å². The number of rotatable bonds is 4. The normalized spacial score (nSPS) is 9.70. The summed E-state index contributed by atoms with van der Waals surface area (Å²) in [5.74, 6) is -0.464. The number of hydrogen-bond acceptors (Lipinski definition) is 3. The summed E-state index contributed by atoms with van der Waals surface area (Å²) in [6.45, 7) is 3.42. The Bertz CT molecular complexity index is 138. The lowest BCUT2D eigenvalue weighted by Gasteiger charge is -1.93. The molecule has 0 rings (SSSR count). The van der Waals surface area contributed by atoms with Gasteiger partial charge >= 0.3 is 5.97 Å². The Balaban J connectivity index is 3.43. The van der Waals surface area contributed by atoms with Gasteiger partial charge in [-0.15, -0.1) is 0 Å². The molecule has 1 N–H and O–H groups in total. The van der Waals surface area contributed by atoms with Crippen LogP contribution in [0.25, 0.3) is 0 Å². The smallest absolute Gasteiger partial charge is 0.330 e. The van der Waals surface area contributed by atoms with Gasteiger partial charge in [-0.2, -0.15) is 0 Å². The molecule has 0 spiro atoms. The second kappa shape index (κ2) is 6.04. The largest absolute Gasteiger partial charge is 0.458 e. The molecule has 0 aromatic carbocycles. The van der Waals surface area contributed by atoms with Crippen molar-refractivity contribution in [1.29, 1.82) is 0 Å². The van der Waals surface area contributed by atoms with Gasteiger partial charge in [-0.1, -0.05) is 18.7 Å². The zero-order chi connectivity index (χ0) is 7.82. The van der Waals surface area contributed by atoms with Crippen molar-refractivity contribution in [3.8, 4) is 0 Å². The summed E-state index contributed by atoms with van der Waals surface area (Å²) in [5.41, 5.74) is 0. The van der Waals surface area contributed by atoms with Gasteiger partial charge in [-0.25, -0.2) is 4.79 Å². The number of esters is 1. The molecule has 0 heterocycles. The summed E-state index contributed by atoms with van der Waals surface area (Å²) in [6, 6.07) is 0. The van der Waals surface area contributed by atoms with Crippen LogP contribution in [0.3, 0.4) is 0 Å². The maximum atomic E-state index is 10.5. The molecule has 0 saturated carbocycles. The number of aliphatic hydroxyl groups is 1. The fourth-order valence-corrected chi connectivity index (χ4v) is 0.338. The lowest BCUT2D eigenvalue weighted by Crippen LogP contribution is -1.99. The van der Waals surface area contributed by atoms with Gasteiger partial charge in [0.25, 0.3) is 0 Å². The van der Waals surface area contributed by atoms with Gasteiger partial charge in [0, 0.05) is 6.08 Å². The van der Waals surface area contributed by atoms with Crippen LogP contribution in [0.15, 0.2) is 24.8 Å². The Labute approximate surface area is 59.6 Å². The summed E-state index contributed by atoms with van der Waals surface area (Å²) < 4.78 is 4.54. The summed E-state index contributed by atoms with van der Waals surface area (Å²) in [4.78, 5) is 10.5. The van der Waals surface area contributed by atoms with Crippen LogP contribution in [0.1, 0.15) is 0 Å². The third kappa shape index (κ3) is 5.05. The first-order valence-corrected chi connectivity index (χ1v) is 2.86. The van der Waals surface area contributed by atoms with Crippen LogP contribution in [0, 0.1) is 0 Å². The lowest BCUT2D eigenvalue weighted by atomic mass is 10.5. The third-order valence-corrected chi connectivity index (χ3v) is 0.703. The highest BCUT2D eigenvalue weighted by atomic mass is 16.5. The molecule has 3 nitrogen and oxygen atoms in total. The van der Waals surface area contributed by atoms with Crippen molar-refractivity contribution in [1.82, 2.24) is 0 Å². The molecule has 0 amide bonds. The molecule has 0 aliphatic rings. The fraction of sp³-hybridized carbons (Fsp3) is 0.286. The van der Waals surface area contributed by atoms with Crippen LogP contribution in [0.4, 0.5) is 0 Å². The Morgan fingerprint density at radius 1 is 1.70 bits per heavy atom. The van der Waals surface area contributed by atoms with Crippen molar-refractivity contribution in [2.24, 2.45) is 0 Å². The molecule has 10 heavy (non-hydrogen) atoms. The molecule has 0 bridgehead atoms. The van der Waals surface area contributed by atoms with Gasteiger partial charge in [-0.05, 0) is 0 Å². The zero-order valence-corrected chi connectivity index (χ0v) is 5.62. The molecule has 0 aromatic heterocycles. The first-order valence-electron chi connectivity index (χ1n) is 2.86. The minimum atomic E-state index is -0.464. The average molecular weight is 142 g/mol. The van der Waals surface area contributed by atoms with Gasteiger partial charge in [-0.3, -0.25) is 0 Å². The standard InChI is InChI=1S/C7H10O3/c1-2-6-10-7(9)4-3-5-8/h2-4,8H,1,5-6H2. The van der Waals surface area contributed by atoms with E-state index >= 15 is 0 Å². The van der Waals surface area contributed by atoms with E-state index in [0.717, 1.165) is 0 Å². The molecule has 3 heteroatoms. The average Bonchev–Trinajstić information content (AvgIpc) is 1.97. The lowest BCUT2D eigenvalue weighted by molar-refractivity contribution is -0.136. The molecule has 0 fully saturated rings. The van der Waals surface area contributed by atoms with Gasteiger partial charge in [0.05, 0.1) is 6.61 Å². The highest BCUT2D eigenvalue weighted by Crippen LogP contribution is 1.80. The molecule has 0 unspecified atom stereocenters. The number of carbonyl (C=O) groups excluding carboxylic acids is 1.